The Balaban J connectivity index is 1.44. The lowest BCUT2D eigenvalue weighted by molar-refractivity contribution is -0.122. The first-order chi connectivity index (χ1) is 14.0. The molecule has 0 spiro atoms. The Morgan fingerprint density at radius 3 is 2.83 bits per heavy atom. The van der Waals surface area contributed by atoms with E-state index in [9.17, 15) is 9.18 Å². The van der Waals surface area contributed by atoms with Crippen molar-refractivity contribution in [1.82, 2.24) is 15.3 Å². The van der Waals surface area contributed by atoms with Crippen LogP contribution in [0.1, 0.15) is 55.5 Å². The molecule has 0 saturated heterocycles. The monoisotopic (exact) mass is 397 g/mol. The maximum absolute atomic E-state index is 14.4. The number of rotatable bonds is 5. The Kier molecular flexibility index (Phi) is 5.79. The molecule has 1 aromatic carbocycles. The van der Waals surface area contributed by atoms with Crippen LogP contribution in [0.3, 0.4) is 0 Å². The highest BCUT2D eigenvalue weighted by Crippen LogP contribution is 2.40. The van der Waals surface area contributed by atoms with Crippen molar-refractivity contribution in [2.75, 3.05) is 6.54 Å². The van der Waals surface area contributed by atoms with Crippen LogP contribution in [0.5, 0.6) is 5.75 Å². The van der Waals surface area contributed by atoms with E-state index in [2.05, 4.69) is 15.3 Å². The lowest BCUT2D eigenvalue weighted by atomic mass is 9.87. The van der Waals surface area contributed by atoms with E-state index in [0.29, 0.717) is 42.3 Å². The van der Waals surface area contributed by atoms with Gasteiger partial charge in [0.2, 0.25) is 5.91 Å². The van der Waals surface area contributed by atoms with Gasteiger partial charge in [-0.25, -0.2) is 9.37 Å². The number of aromatic nitrogens is 2. The minimum Gasteiger partial charge on any atom is -0.487 e. The molecule has 1 N–H and O–H groups in total. The Morgan fingerprint density at radius 1 is 1.24 bits per heavy atom. The summed E-state index contributed by atoms with van der Waals surface area (Å²) >= 11 is 0. The molecule has 1 atom stereocenters. The van der Waals surface area contributed by atoms with Gasteiger partial charge in [-0.1, -0.05) is 19.3 Å². The summed E-state index contributed by atoms with van der Waals surface area (Å²) in [6.07, 6.45) is 8.49. The summed E-state index contributed by atoms with van der Waals surface area (Å²) < 4.78 is 20.5. The average molecular weight is 397 g/mol. The highest BCUT2D eigenvalue weighted by molar-refractivity contribution is 5.76. The van der Waals surface area contributed by atoms with E-state index >= 15 is 0 Å². The minimum atomic E-state index is -0.280. The van der Waals surface area contributed by atoms with Gasteiger partial charge in [0.15, 0.2) is 0 Å². The van der Waals surface area contributed by atoms with Gasteiger partial charge in [-0.15, -0.1) is 0 Å². The summed E-state index contributed by atoms with van der Waals surface area (Å²) in [4.78, 5) is 21.3. The van der Waals surface area contributed by atoms with E-state index in [1.54, 1.807) is 12.3 Å². The second kappa shape index (κ2) is 8.47. The number of nitrogens with zero attached hydrogens (tertiary/aromatic N) is 2. The van der Waals surface area contributed by atoms with Gasteiger partial charge in [-0.05, 0) is 44.7 Å². The van der Waals surface area contributed by atoms with E-state index in [-0.39, 0.29) is 17.8 Å². The summed E-state index contributed by atoms with van der Waals surface area (Å²) in [5, 5.41) is 2.99. The number of carbonyl (C=O) groups is 1. The number of ether oxygens (including phenoxy) is 1. The molecule has 0 radical (unpaired) electrons. The van der Waals surface area contributed by atoms with Crippen LogP contribution in [0, 0.1) is 25.6 Å². The van der Waals surface area contributed by atoms with Crippen molar-refractivity contribution in [2.45, 2.75) is 64.9 Å². The lowest BCUT2D eigenvalue weighted by Crippen LogP contribution is -2.35. The highest BCUT2D eigenvalue weighted by Gasteiger charge is 2.30. The Labute approximate surface area is 171 Å². The smallest absolute Gasteiger partial charge is 0.220 e. The quantitative estimate of drug-likeness (QED) is 0.817. The number of aryl methyl sites for hydroxylation is 2. The molecule has 1 aromatic heterocycles. The van der Waals surface area contributed by atoms with Gasteiger partial charge >= 0.3 is 0 Å². The fourth-order valence-electron chi connectivity index (χ4n) is 4.41. The molecule has 29 heavy (non-hydrogen) atoms. The predicted octanol–water partition coefficient (Wildman–Crippen LogP) is 4.29. The summed E-state index contributed by atoms with van der Waals surface area (Å²) in [7, 11) is 0. The Bertz CT molecular complexity index is 909. The van der Waals surface area contributed by atoms with Crippen LogP contribution in [0.15, 0.2) is 18.3 Å². The van der Waals surface area contributed by atoms with E-state index in [1.165, 1.54) is 25.3 Å². The molecule has 6 heteroatoms. The van der Waals surface area contributed by atoms with Gasteiger partial charge in [0, 0.05) is 30.2 Å². The third kappa shape index (κ3) is 4.41. The summed E-state index contributed by atoms with van der Waals surface area (Å²) in [6.45, 7) is 4.15. The van der Waals surface area contributed by atoms with Crippen molar-refractivity contribution in [1.29, 1.82) is 0 Å². The van der Waals surface area contributed by atoms with Gasteiger partial charge in [-0.2, -0.15) is 0 Å². The molecule has 1 amide bonds. The molecule has 5 nitrogen and oxygen atoms in total. The number of benzene rings is 1. The topological polar surface area (TPSA) is 64.1 Å². The lowest BCUT2D eigenvalue weighted by Gasteiger charge is -2.21. The molecule has 1 fully saturated rings. The molecule has 2 heterocycles. The van der Waals surface area contributed by atoms with Crippen molar-refractivity contribution < 1.29 is 13.9 Å². The van der Waals surface area contributed by atoms with Gasteiger partial charge in [0.05, 0.1) is 23.6 Å². The van der Waals surface area contributed by atoms with Crippen LogP contribution >= 0.6 is 0 Å². The van der Waals surface area contributed by atoms with Crippen molar-refractivity contribution in [3.8, 4) is 17.0 Å². The van der Waals surface area contributed by atoms with E-state index in [1.807, 2.05) is 13.8 Å². The molecule has 1 saturated carbocycles. The second-order valence-corrected chi connectivity index (χ2v) is 8.30. The summed E-state index contributed by atoms with van der Waals surface area (Å²) in [5.41, 5.74) is 3.59. The molecule has 154 valence electrons. The van der Waals surface area contributed by atoms with Crippen LogP contribution in [0.25, 0.3) is 11.3 Å². The van der Waals surface area contributed by atoms with E-state index in [4.69, 9.17) is 4.74 Å². The zero-order chi connectivity index (χ0) is 20.4. The summed E-state index contributed by atoms with van der Waals surface area (Å²) in [6, 6.07) is 3.17. The maximum Gasteiger partial charge on any atom is 0.220 e. The number of carbonyl (C=O) groups excluding carboxylic acids is 1. The predicted molar refractivity (Wildman–Crippen MR) is 109 cm³/mol. The molecular formula is C23H28FN3O2. The molecule has 1 aliphatic heterocycles. The zero-order valence-corrected chi connectivity index (χ0v) is 17.1. The molecule has 2 aliphatic rings. The highest BCUT2D eigenvalue weighted by atomic mass is 19.1. The third-order valence-corrected chi connectivity index (χ3v) is 5.98. The first kappa shape index (κ1) is 19.8. The largest absolute Gasteiger partial charge is 0.487 e. The molecule has 0 unspecified atom stereocenters. The van der Waals surface area contributed by atoms with Crippen molar-refractivity contribution in [3.63, 3.8) is 0 Å². The molecule has 4 rings (SSSR count). The minimum absolute atomic E-state index is 0.0672. The third-order valence-electron chi connectivity index (χ3n) is 5.98. The first-order valence-electron chi connectivity index (χ1n) is 10.6. The van der Waals surface area contributed by atoms with Crippen molar-refractivity contribution >= 4 is 5.91 Å². The van der Waals surface area contributed by atoms with Crippen LogP contribution < -0.4 is 10.1 Å². The molecule has 1 aliphatic carbocycles. The number of fused-ring (bicyclic) bond motifs is 1. The number of nitrogens with one attached hydrogen (secondary N) is 1. The second-order valence-electron chi connectivity index (χ2n) is 8.30. The first-order valence-corrected chi connectivity index (χ1v) is 10.6. The van der Waals surface area contributed by atoms with Crippen molar-refractivity contribution in [2.24, 2.45) is 5.92 Å². The fraction of sp³-hybridized carbons (Fsp3) is 0.522. The van der Waals surface area contributed by atoms with Crippen LogP contribution in [0.2, 0.25) is 0 Å². The molecule has 0 bridgehead atoms. The molecular weight excluding hydrogens is 369 g/mol. The number of hydrogen-bond acceptors (Lipinski definition) is 4. The van der Waals surface area contributed by atoms with Crippen LogP contribution in [-0.2, 0) is 11.2 Å². The van der Waals surface area contributed by atoms with E-state index in [0.717, 1.165) is 29.8 Å². The maximum atomic E-state index is 14.4. The van der Waals surface area contributed by atoms with E-state index < -0.39 is 0 Å². The Hall–Kier alpha value is -2.50. The van der Waals surface area contributed by atoms with Gasteiger partial charge in [0.1, 0.15) is 17.7 Å². The number of hydrogen-bond donors (Lipinski definition) is 1. The van der Waals surface area contributed by atoms with Crippen LogP contribution in [-0.4, -0.2) is 28.5 Å². The van der Waals surface area contributed by atoms with Crippen LogP contribution in [0.4, 0.5) is 4.39 Å². The number of halogens is 1. The summed E-state index contributed by atoms with van der Waals surface area (Å²) in [5.74, 6) is 0.812. The number of amides is 1. The fourth-order valence-corrected chi connectivity index (χ4v) is 4.41. The Morgan fingerprint density at radius 2 is 2.03 bits per heavy atom. The standard InChI is InChI=1S/C23H28FN3O2/c1-14-12-25-15(2)22(27-14)18-8-9-20(24)19-11-17(29-23(18)19)13-26-21(28)10-16-6-4-3-5-7-16/h8-9,12,16-17H,3-7,10-11,13H2,1-2H3,(H,26,28)/t17-/m0/s1. The van der Waals surface area contributed by atoms with Gasteiger partial charge < -0.3 is 10.1 Å². The normalized spacial score (nSPS) is 18.9. The SMILES string of the molecule is Cc1cnc(C)c(-c2ccc(F)c3c2O[C@H](CNC(=O)CC2CCCCC2)C3)n1. The van der Waals surface area contributed by atoms with Crippen molar-refractivity contribution in [3.05, 3.63) is 41.1 Å². The average Bonchev–Trinajstić information content (AvgIpc) is 3.15. The van der Waals surface area contributed by atoms with Gasteiger partial charge in [0.25, 0.3) is 0 Å². The zero-order valence-electron chi connectivity index (χ0n) is 17.1. The molecule has 2 aromatic rings. The van der Waals surface area contributed by atoms with Gasteiger partial charge in [-0.3, -0.25) is 9.78 Å².